The van der Waals surface area contributed by atoms with Crippen LogP contribution in [0.2, 0.25) is 0 Å². The Labute approximate surface area is 86.0 Å². The molecule has 0 aliphatic carbocycles. The van der Waals surface area contributed by atoms with Crippen molar-refractivity contribution in [2.24, 2.45) is 5.41 Å². The Morgan fingerprint density at radius 3 is 2.29 bits per heavy atom. The largest absolute Gasteiger partial charge is 0.396 e. The Kier molecular flexibility index (Phi) is 3.64. The number of aliphatic hydroxyl groups is 1. The van der Waals surface area contributed by atoms with E-state index in [1.54, 1.807) is 0 Å². The van der Waals surface area contributed by atoms with E-state index in [2.05, 4.69) is 25.8 Å². The molecule has 0 aromatic carbocycles. The summed E-state index contributed by atoms with van der Waals surface area (Å²) in [6.45, 7) is 6.85. The van der Waals surface area contributed by atoms with E-state index in [-0.39, 0.29) is 12.0 Å². The normalized spacial score (nSPS) is 14.0. The average Bonchev–Trinajstić information content (AvgIpc) is 2.14. The lowest BCUT2D eigenvalue weighted by Crippen LogP contribution is -2.19. The van der Waals surface area contributed by atoms with Crippen molar-refractivity contribution in [2.45, 2.75) is 33.1 Å². The summed E-state index contributed by atoms with van der Waals surface area (Å²) in [5, 5.41) is 9.05. The van der Waals surface area contributed by atoms with Gasteiger partial charge in [0.05, 0.1) is 0 Å². The molecule has 14 heavy (non-hydrogen) atoms. The fourth-order valence-corrected chi connectivity index (χ4v) is 1.82. The molecule has 0 bridgehead atoms. The van der Waals surface area contributed by atoms with Crippen LogP contribution in [0, 0.1) is 5.41 Å². The van der Waals surface area contributed by atoms with Gasteiger partial charge in [-0.2, -0.15) is 0 Å². The van der Waals surface area contributed by atoms with Gasteiger partial charge in [0.2, 0.25) is 0 Å². The molecule has 0 aliphatic rings. The van der Waals surface area contributed by atoms with Gasteiger partial charge in [-0.15, -0.1) is 0 Å². The highest BCUT2D eigenvalue weighted by molar-refractivity contribution is 5.18. The van der Waals surface area contributed by atoms with E-state index in [0.717, 1.165) is 6.42 Å². The third-order valence-corrected chi connectivity index (χ3v) is 2.57. The number of nitrogens with zero attached hydrogens (tertiary/aromatic N) is 1. The van der Waals surface area contributed by atoms with Gasteiger partial charge >= 0.3 is 0 Å². The van der Waals surface area contributed by atoms with Crippen LogP contribution >= 0.6 is 0 Å². The zero-order valence-electron chi connectivity index (χ0n) is 9.20. The zero-order valence-corrected chi connectivity index (χ0v) is 9.20. The smallest absolute Gasteiger partial charge is 0.0437 e. The second-order valence-corrected chi connectivity index (χ2v) is 4.71. The Morgan fingerprint density at radius 2 is 1.86 bits per heavy atom. The quantitative estimate of drug-likeness (QED) is 0.800. The molecular weight excluding hydrogens is 174 g/mol. The van der Waals surface area contributed by atoms with E-state index in [1.807, 2.05) is 24.5 Å². The molecule has 2 nitrogen and oxygen atoms in total. The lowest BCUT2D eigenvalue weighted by Gasteiger charge is -2.30. The number of aromatic nitrogens is 1. The van der Waals surface area contributed by atoms with E-state index < -0.39 is 0 Å². The SMILES string of the molecule is CC(C)(C)C(CCO)c1ccncc1. The topological polar surface area (TPSA) is 33.1 Å². The lowest BCUT2D eigenvalue weighted by atomic mass is 9.75. The first-order chi connectivity index (χ1) is 6.55. The first-order valence-corrected chi connectivity index (χ1v) is 5.06. The van der Waals surface area contributed by atoms with Crippen LogP contribution in [0.25, 0.3) is 0 Å². The van der Waals surface area contributed by atoms with Gasteiger partial charge in [-0.3, -0.25) is 4.98 Å². The molecule has 78 valence electrons. The van der Waals surface area contributed by atoms with Crippen LogP contribution in [0.15, 0.2) is 24.5 Å². The molecule has 1 atom stereocenters. The van der Waals surface area contributed by atoms with Crippen LogP contribution in [0.1, 0.15) is 38.7 Å². The van der Waals surface area contributed by atoms with Crippen molar-refractivity contribution in [2.75, 3.05) is 6.61 Å². The first kappa shape index (κ1) is 11.2. The molecule has 0 amide bonds. The molecule has 1 heterocycles. The van der Waals surface area contributed by atoms with Crippen LogP contribution in [-0.4, -0.2) is 16.7 Å². The number of hydrogen-bond acceptors (Lipinski definition) is 2. The molecule has 1 unspecified atom stereocenters. The van der Waals surface area contributed by atoms with Gasteiger partial charge in [-0.25, -0.2) is 0 Å². The second-order valence-electron chi connectivity index (χ2n) is 4.71. The molecule has 1 aromatic rings. The molecule has 0 fully saturated rings. The minimum absolute atomic E-state index is 0.185. The summed E-state index contributed by atoms with van der Waals surface area (Å²) >= 11 is 0. The highest BCUT2D eigenvalue weighted by atomic mass is 16.3. The minimum Gasteiger partial charge on any atom is -0.396 e. The summed E-state index contributed by atoms with van der Waals surface area (Å²) in [5.74, 6) is 0.399. The van der Waals surface area contributed by atoms with Gasteiger partial charge in [0.1, 0.15) is 0 Å². The van der Waals surface area contributed by atoms with Gasteiger partial charge in [0.25, 0.3) is 0 Å². The van der Waals surface area contributed by atoms with E-state index in [0.29, 0.717) is 5.92 Å². The van der Waals surface area contributed by atoms with Crippen LogP contribution < -0.4 is 0 Å². The molecule has 2 heteroatoms. The second kappa shape index (κ2) is 4.56. The minimum atomic E-state index is 0.185. The summed E-state index contributed by atoms with van der Waals surface area (Å²) in [6, 6.07) is 4.07. The van der Waals surface area contributed by atoms with Crippen LogP contribution in [-0.2, 0) is 0 Å². The fourth-order valence-electron chi connectivity index (χ4n) is 1.82. The van der Waals surface area contributed by atoms with Gasteiger partial charge in [-0.1, -0.05) is 20.8 Å². The molecule has 0 spiro atoms. The van der Waals surface area contributed by atoms with Crippen molar-refractivity contribution in [1.29, 1.82) is 0 Å². The number of aliphatic hydroxyl groups excluding tert-OH is 1. The molecule has 0 aliphatic heterocycles. The Hall–Kier alpha value is -0.890. The summed E-state index contributed by atoms with van der Waals surface area (Å²) in [4.78, 5) is 4.01. The Bertz CT molecular complexity index is 263. The van der Waals surface area contributed by atoms with Crippen LogP contribution in [0.4, 0.5) is 0 Å². The van der Waals surface area contributed by atoms with E-state index in [9.17, 15) is 0 Å². The van der Waals surface area contributed by atoms with Gasteiger partial charge in [-0.05, 0) is 35.4 Å². The van der Waals surface area contributed by atoms with E-state index in [1.165, 1.54) is 5.56 Å². The average molecular weight is 193 g/mol. The number of hydrogen-bond donors (Lipinski definition) is 1. The van der Waals surface area contributed by atoms with Crippen molar-refractivity contribution in [3.8, 4) is 0 Å². The van der Waals surface area contributed by atoms with Crippen molar-refractivity contribution >= 4 is 0 Å². The van der Waals surface area contributed by atoms with Crippen LogP contribution in [0.3, 0.4) is 0 Å². The highest BCUT2D eigenvalue weighted by Gasteiger charge is 2.25. The van der Waals surface area contributed by atoms with Crippen LogP contribution in [0.5, 0.6) is 0 Å². The number of pyridine rings is 1. The first-order valence-electron chi connectivity index (χ1n) is 5.06. The Morgan fingerprint density at radius 1 is 1.29 bits per heavy atom. The molecule has 0 saturated carbocycles. The summed E-state index contributed by atoms with van der Waals surface area (Å²) in [6.07, 6.45) is 4.43. The van der Waals surface area contributed by atoms with Crippen molar-refractivity contribution in [3.63, 3.8) is 0 Å². The maximum Gasteiger partial charge on any atom is 0.0437 e. The van der Waals surface area contributed by atoms with Gasteiger partial charge in [0, 0.05) is 19.0 Å². The molecule has 1 rings (SSSR count). The Balaban J connectivity index is 2.89. The summed E-state index contributed by atoms with van der Waals surface area (Å²) < 4.78 is 0. The van der Waals surface area contributed by atoms with Gasteiger partial charge in [0.15, 0.2) is 0 Å². The standard InChI is InChI=1S/C12H19NO/c1-12(2,3)11(6-9-14)10-4-7-13-8-5-10/h4-5,7-8,11,14H,6,9H2,1-3H3. The van der Waals surface area contributed by atoms with Crippen molar-refractivity contribution in [3.05, 3.63) is 30.1 Å². The maximum absolute atomic E-state index is 9.05. The summed E-state index contributed by atoms with van der Waals surface area (Å²) in [5.41, 5.74) is 1.45. The van der Waals surface area contributed by atoms with E-state index in [4.69, 9.17) is 5.11 Å². The van der Waals surface area contributed by atoms with Gasteiger partial charge < -0.3 is 5.11 Å². The third kappa shape index (κ3) is 2.81. The fraction of sp³-hybridized carbons (Fsp3) is 0.583. The highest BCUT2D eigenvalue weighted by Crippen LogP contribution is 2.36. The maximum atomic E-state index is 9.05. The molecule has 1 aromatic heterocycles. The molecule has 0 saturated heterocycles. The molecule has 0 radical (unpaired) electrons. The lowest BCUT2D eigenvalue weighted by molar-refractivity contribution is 0.223. The number of rotatable bonds is 3. The van der Waals surface area contributed by atoms with Crippen molar-refractivity contribution in [1.82, 2.24) is 4.98 Å². The molecule has 1 N–H and O–H groups in total. The third-order valence-electron chi connectivity index (χ3n) is 2.57. The van der Waals surface area contributed by atoms with E-state index >= 15 is 0 Å². The molecular formula is C12H19NO. The zero-order chi connectivity index (χ0) is 10.6. The summed E-state index contributed by atoms with van der Waals surface area (Å²) in [7, 11) is 0. The monoisotopic (exact) mass is 193 g/mol. The predicted octanol–water partition coefficient (Wildman–Crippen LogP) is 2.59. The van der Waals surface area contributed by atoms with Crippen molar-refractivity contribution < 1.29 is 5.11 Å². The predicted molar refractivity (Wildman–Crippen MR) is 58.1 cm³/mol.